The van der Waals surface area contributed by atoms with Gasteiger partial charge < -0.3 is 5.73 Å². The second-order valence-corrected chi connectivity index (χ2v) is 4.00. The topological polar surface area (TPSA) is 90.7 Å². The van der Waals surface area contributed by atoms with Crippen LogP contribution in [0.5, 0.6) is 0 Å². The Kier molecular flexibility index (Phi) is 2.33. The Morgan fingerprint density at radius 2 is 1.82 bits per heavy atom. The highest BCUT2D eigenvalue weighted by atomic mass is 19.1. The van der Waals surface area contributed by atoms with Crippen molar-refractivity contribution in [1.82, 2.24) is 0 Å². The van der Waals surface area contributed by atoms with Crippen LogP contribution in [0, 0.1) is 39.8 Å². The second kappa shape index (κ2) is 3.57. The number of halogens is 1. The monoisotopic (exact) mass is 229 g/mol. The number of amides is 1. The van der Waals surface area contributed by atoms with Crippen LogP contribution >= 0.6 is 0 Å². The molecule has 1 amide bonds. The molecule has 2 N–H and O–H groups in total. The van der Waals surface area contributed by atoms with Gasteiger partial charge in [0.15, 0.2) is 5.41 Å². The summed E-state index contributed by atoms with van der Waals surface area (Å²) in [6.45, 7) is 0. The lowest BCUT2D eigenvalue weighted by molar-refractivity contribution is -0.119. The van der Waals surface area contributed by atoms with Gasteiger partial charge in [-0.05, 0) is 17.7 Å². The average Bonchev–Trinajstić information content (AvgIpc) is 3.00. The second-order valence-electron chi connectivity index (χ2n) is 4.00. The average molecular weight is 229 g/mol. The molecule has 2 unspecified atom stereocenters. The minimum atomic E-state index is -1.40. The molecule has 0 bridgehead atoms. The van der Waals surface area contributed by atoms with Crippen molar-refractivity contribution < 1.29 is 9.18 Å². The molecular formula is C12H8FN3O. The molecule has 0 aliphatic heterocycles. The van der Waals surface area contributed by atoms with Crippen LogP contribution in [0.15, 0.2) is 24.3 Å². The minimum absolute atomic E-state index is 0.412. The smallest absolute Gasteiger partial charge is 0.223 e. The van der Waals surface area contributed by atoms with E-state index in [9.17, 15) is 9.18 Å². The quantitative estimate of drug-likeness (QED) is 0.821. The van der Waals surface area contributed by atoms with Gasteiger partial charge in [-0.15, -0.1) is 0 Å². The van der Waals surface area contributed by atoms with Gasteiger partial charge in [-0.2, -0.15) is 10.5 Å². The first-order valence-electron chi connectivity index (χ1n) is 4.94. The molecule has 4 nitrogen and oxygen atoms in total. The van der Waals surface area contributed by atoms with Crippen molar-refractivity contribution in [1.29, 1.82) is 10.5 Å². The number of nitrogens with zero attached hydrogens (tertiary/aromatic N) is 2. The summed E-state index contributed by atoms with van der Waals surface area (Å²) in [5.41, 5.74) is 4.35. The van der Waals surface area contributed by atoms with Gasteiger partial charge in [0, 0.05) is 5.92 Å². The van der Waals surface area contributed by atoms with Gasteiger partial charge in [-0.3, -0.25) is 4.79 Å². The molecule has 1 aliphatic rings. The number of nitriles is 2. The molecule has 0 aromatic heterocycles. The first kappa shape index (κ1) is 11.1. The van der Waals surface area contributed by atoms with E-state index in [2.05, 4.69) is 0 Å². The van der Waals surface area contributed by atoms with Crippen LogP contribution in [0.1, 0.15) is 11.5 Å². The lowest BCUT2D eigenvalue weighted by Crippen LogP contribution is -2.17. The van der Waals surface area contributed by atoms with E-state index in [0.29, 0.717) is 5.56 Å². The summed E-state index contributed by atoms with van der Waals surface area (Å²) in [7, 11) is 0. The van der Waals surface area contributed by atoms with Crippen LogP contribution in [-0.4, -0.2) is 5.91 Å². The van der Waals surface area contributed by atoms with Crippen LogP contribution in [0.3, 0.4) is 0 Å². The normalized spacial score (nSPS) is 24.4. The number of hydrogen-bond acceptors (Lipinski definition) is 3. The number of hydrogen-bond donors (Lipinski definition) is 1. The summed E-state index contributed by atoms with van der Waals surface area (Å²) in [5.74, 6) is -2.47. The Morgan fingerprint density at radius 1 is 1.29 bits per heavy atom. The number of rotatable bonds is 2. The van der Waals surface area contributed by atoms with E-state index in [0.717, 1.165) is 0 Å². The molecule has 1 saturated carbocycles. The van der Waals surface area contributed by atoms with E-state index in [-0.39, 0.29) is 0 Å². The van der Waals surface area contributed by atoms with Gasteiger partial charge in [-0.1, -0.05) is 12.1 Å². The van der Waals surface area contributed by atoms with Crippen LogP contribution in [0.25, 0.3) is 0 Å². The van der Waals surface area contributed by atoms with Gasteiger partial charge in [0.1, 0.15) is 5.82 Å². The van der Waals surface area contributed by atoms with E-state index in [1.165, 1.54) is 24.3 Å². The van der Waals surface area contributed by atoms with Gasteiger partial charge in [-0.25, -0.2) is 4.39 Å². The molecule has 0 heterocycles. The highest BCUT2D eigenvalue weighted by molar-refractivity contribution is 5.85. The third-order valence-electron chi connectivity index (χ3n) is 3.11. The Bertz CT molecular complexity index is 539. The molecule has 5 heteroatoms. The molecule has 1 aliphatic carbocycles. The SMILES string of the molecule is N#CC1(C#N)C(C(N)=O)C1c1ccc(F)cc1. The maximum Gasteiger partial charge on any atom is 0.223 e. The summed E-state index contributed by atoms with van der Waals surface area (Å²) in [4.78, 5) is 11.2. The Hall–Kier alpha value is -2.40. The van der Waals surface area contributed by atoms with E-state index in [1.54, 1.807) is 0 Å². The summed E-state index contributed by atoms with van der Waals surface area (Å²) in [6.07, 6.45) is 0. The number of carbonyl (C=O) groups is 1. The number of nitrogens with two attached hydrogens (primary N) is 1. The van der Waals surface area contributed by atoms with Crippen LogP contribution in [-0.2, 0) is 4.79 Å². The lowest BCUT2D eigenvalue weighted by Gasteiger charge is -1.98. The molecule has 1 aromatic rings. The first-order chi connectivity index (χ1) is 8.06. The highest BCUT2D eigenvalue weighted by Gasteiger charge is 2.70. The predicted octanol–water partition coefficient (Wildman–Crippen LogP) is 1.06. The van der Waals surface area contributed by atoms with Crippen molar-refractivity contribution in [3.63, 3.8) is 0 Å². The fourth-order valence-corrected chi connectivity index (χ4v) is 2.21. The number of primary amides is 1. The zero-order valence-electron chi connectivity index (χ0n) is 8.72. The van der Waals surface area contributed by atoms with Crippen molar-refractivity contribution in [3.8, 4) is 12.1 Å². The Morgan fingerprint density at radius 3 is 2.18 bits per heavy atom. The third kappa shape index (κ3) is 1.44. The lowest BCUT2D eigenvalue weighted by atomic mass is 10.0. The molecule has 0 saturated heterocycles. The fraction of sp³-hybridized carbons (Fsp3) is 0.250. The maximum atomic E-state index is 12.8. The van der Waals surface area contributed by atoms with Gasteiger partial charge in [0.2, 0.25) is 5.91 Å². The fourth-order valence-electron chi connectivity index (χ4n) is 2.21. The van der Waals surface area contributed by atoms with Crippen molar-refractivity contribution in [3.05, 3.63) is 35.6 Å². The molecule has 0 radical (unpaired) electrons. The molecule has 1 fully saturated rings. The zero-order valence-corrected chi connectivity index (χ0v) is 8.72. The summed E-state index contributed by atoms with van der Waals surface area (Å²) in [5, 5.41) is 18.0. The van der Waals surface area contributed by atoms with Gasteiger partial charge in [0.05, 0.1) is 18.1 Å². The van der Waals surface area contributed by atoms with Gasteiger partial charge >= 0.3 is 0 Å². The van der Waals surface area contributed by atoms with E-state index in [1.807, 2.05) is 12.1 Å². The van der Waals surface area contributed by atoms with Gasteiger partial charge in [0.25, 0.3) is 0 Å². The molecule has 1 aromatic carbocycles. The predicted molar refractivity (Wildman–Crippen MR) is 55.5 cm³/mol. The Balaban J connectivity index is 2.41. The molecule has 2 rings (SSSR count). The van der Waals surface area contributed by atoms with E-state index < -0.39 is 29.0 Å². The van der Waals surface area contributed by atoms with Crippen molar-refractivity contribution >= 4 is 5.91 Å². The number of carbonyl (C=O) groups excluding carboxylic acids is 1. The van der Waals surface area contributed by atoms with Crippen LogP contribution in [0.2, 0.25) is 0 Å². The molecule has 0 spiro atoms. The minimum Gasteiger partial charge on any atom is -0.369 e. The molecule has 2 atom stereocenters. The summed E-state index contributed by atoms with van der Waals surface area (Å²) in [6, 6.07) is 9.07. The Labute approximate surface area is 97.1 Å². The van der Waals surface area contributed by atoms with Crippen LogP contribution < -0.4 is 5.73 Å². The third-order valence-corrected chi connectivity index (χ3v) is 3.11. The van der Waals surface area contributed by atoms with E-state index >= 15 is 0 Å². The van der Waals surface area contributed by atoms with E-state index in [4.69, 9.17) is 16.3 Å². The molecule has 17 heavy (non-hydrogen) atoms. The number of benzene rings is 1. The largest absolute Gasteiger partial charge is 0.369 e. The maximum absolute atomic E-state index is 12.8. The first-order valence-corrected chi connectivity index (χ1v) is 4.94. The van der Waals surface area contributed by atoms with Crippen molar-refractivity contribution in [2.75, 3.05) is 0 Å². The van der Waals surface area contributed by atoms with Crippen molar-refractivity contribution in [2.24, 2.45) is 17.1 Å². The van der Waals surface area contributed by atoms with Crippen LogP contribution in [0.4, 0.5) is 4.39 Å². The van der Waals surface area contributed by atoms with Crippen molar-refractivity contribution in [2.45, 2.75) is 5.92 Å². The molecular weight excluding hydrogens is 221 g/mol. The summed E-state index contributed by atoms with van der Waals surface area (Å²) >= 11 is 0. The standard InChI is InChI=1S/C12H8FN3O/c13-8-3-1-7(2-4-8)9-10(11(16)17)12(9,5-14)6-15/h1-4,9-10H,(H2,16,17). The zero-order chi connectivity index (χ0) is 12.6. The highest BCUT2D eigenvalue weighted by Crippen LogP contribution is 2.63. The molecule has 84 valence electrons. The summed E-state index contributed by atoms with van der Waals surface area (Å²) < 4.78 is 12.8.